The van der Waals surface area contributed by atoms with Crippen molar-refractivity contribution >= 4 is 16.1 Å². The van der Waals surface area contributed by atoms with Gasteiger partial charge >= 0.3 is 10.2 Å². The van der Waals surface area contributed by atoms with Gasteiger partial charge in [0.2, 0.25) is 11.7 Å². The molecular formula is C27H29F2N5O5S. The lowest BCUT2D eigenvalue weighted by Crippen LogP contribution is -2.56. The quantitative estimate of drug-likeness (QED) is 0.411. The number of rotatable bonds is 9. The van der Waals surface area contributed by atoms with Gasteiger partial charge in [-0.25, -0.2) is 14.1 Å². The summed E-state index contributed by atoms with van der Waals surface area (Å²) in [7, 11) is -2.29. The summed E-state index contributed by atoms with van der Waals surface area (Å²) in [5.74, 6) is -3.78. The molecule has 0 aliphatic carbocycles. The summed E-state index contributed by atoms with van der Waals surface area (Å²) >= 11 is 0. The molecule has 3 aromatic rings. The minimum Gasteiger partial charge on any atom is -0.481 e. The van der Waals surface area contributed by atoms with E-state index in [0.717, 1.165) is 25.0 Å². The number of halogens is 2. The van der Waals surface area contributed by atoms with Crippen LogP contribution in [0.4, 0.5) is 8.78 Å². The first-order valence-electron chi connectivity index (χ1n) is 12.9. The fraction of sp³-hybridized carbons (Fsp3) is 0.370. The number of nitrogens with zero attached hydrogens (tertiary/aromatic N) is 4. The van der Waals surface area contributed by atoms with Gasteiger partial charge in [-0.2, -0.15) is 17.1 Å². The van der Waals surface area contributed by atoms with E-state index in [1.807, 2.05) is 11.8 Å². The van der Waals surface area contributed by atoms with Gasteiger partial charge in [0.05, 0.1) is 17.5 Å². The summed E-state index contributed by atoms with van der Waals surface area (Å²) in [4.78, 5) is 23.2. The van der Waals surface area contributed by atoms with Crippen molar-refractivity contribution in [1.29, 1.82) is 0 Å². The number of amides is 1. The van der Waals surface area contributed by atoms with E-state index in [9.17, 15) is 22.0 Å². The third kappa shape index (κ3) is 5.76. The van der Waals surface area contributed by atoms with E-state index in [4.69, 9.17) is 9.47 Å². The number of likely N-dealkylation sites (N-methyl/N-ethyl adjacent to an activating group) is 1. The molecule has 1 amide bonds. The first-order chi connectivity index (χ1) is 19.2. The molecular weight excluding hydrogens is 544 g/mol. The first-order valence-corrected chi connectivity index (χ1v) is 14.3. The summed E-state index contributed by atoms with van der Waals surface area (Å²) in [6.07, 6.45) is 4.43. The molecule has 40 heavy (non-hydrogen) atoms. The van der Waals surface area contributed by atoms with Crippen LogP contribution in [-0.2, 0) is 10.2 Å². The van der Waals surface area contributed by atoms with Crippen LogP contribution in [0, 0.1) is 11.6 Å². The summed E-state index contributed by atoms with van der Waals surface area (Å²) < 4.78 is 70.0. The van der Waals surface area contributed by atoms with Crippen LogP contribution < -0.4 is 14.2 Å². The molecule has 10 nitrogen and oxygen atoms in total. The standard InChI is InChI=1S/C27H29F2N5O5S/c1-3-22(21-11-9-19(14-31-21)38-24-6-4-5-13-30-24)39-23-12-10-20(25(28)26(23)29)27(35)32-40(36,37)34-15-17-7-8-18(16-34)33(17)2/h4-6,9-14,17-18,22H,3,7-8,15-16H2,1-2H3,(H,32,35)/t17?,18?,22-/m1/s1. The molecule has 2 aromatic heterocycles. The second kappa shape index (κ2) is 11.4. The number of carbonyl (C=O) groups is 1. The Morgan fingerprint density at radius 3 is 2.45 bits per heavy atom. The number of hydrogen-bond acceptors (Lipinski definition) is 8. The number of benzene rings is 1. The van der Waals surface area contributed by atoms with Crippen LogP contribution in [0.3, 0.4) is 0 Å². The molecule has 2 saturated heterocycles. The molecule has 0 saturated carbocycles. The Labute approximate surface area is 231 Å². The SMILES string of the molecule is CC[C@@H](Oc1ccc(C(=O)NS(=O)(=O)N2CC3CCC(C2)N3C)c(F)c1F)c1ccc(Oc2ccccn2)cn1. The third-order valence-electron chi connectivity index (χ3n) is 7.26. The van der Waals surface area contributed by atoms with Crippen molar-refractivity contribution in [3.8, 4) is 17.4 Å². The zero-order chi connectivity index (χ0) is 28.4. The molecule has 0 spiro atoms. The van der Waals surface area contributed by atoms with E-state index in [1.54, 1.807) is 43.5 Å². The fourth-order valence-corrected chi connectivity index (χ4v) is 6.19. The number of pyridine rings is 2. The van der Waals surface area contributed by atoms with Crippen molar-refractivity contribution in [3.05, 3.63) is 77.8 Å². The first kappa shape index (κ1) is 27.9. The van der Waals surface area contributed by atoms with Gasteiger partial charge in [0.15, 0.2) is 11.6 Å². The maximum Gasteiger partial charge on any atom is 0.304 e. The number of ether oxygens (including phenoxy) is 2. The van der Waals surface area contributed by atoms with Crippen LogP contribution in [0.25, 0.3) is 0 Å². The summed E-state index contributed by atoms with van der Waals surface area (Å²) in [6.45, 7) is 2.24. The Balaban J connectivity index is 1.26. The lowest BCUT2D eigenvalue weighted by molar-refractivity contribution is 0.0967. The van der Waals surface area contributed by atoms with Crippen LogP contribution in [0.1, 0.15) is 48.3 Å². The van der Waals surface area contributed by atoms with Gasteiger partial charge < -0.3 is 9.47 Å². The molecule has 2 unspecified atom stereocenters. The van der Waals surface area contributed by atoms with E-state index < -0.39 is 45.2 Å². The highest BCUT2D eigenvalue weighted by Gasteiger charge is 2.42. The van der Waals surface area contributed by atoms with Gasteiger partial charge in [-0.15, -0.1) is 0 Å². The maximum absolute atomic E-state index is 15.0. The predicted octanol–water partition coefficient (Wildman–Crippen LogP) is 3.83. The molecule has 2 aliphatic heterocycles. The highest BCUT2D eigenvalue weighted by atomic mass is 32.2. The zero-order valence-corrected chi connectivity index (χ0v) is 22.8. The van der Waals surface area contributed by atoms with Crippen LogP contribution in [-0.4, -0.2) is 65.7 Å². The molecule has 212 valence electrons. The number of hydrogen-bond donors (Lipinski definition) is 1. The molecule has 1 aromatic carbocycles. The van der Waals surface area contributed by atoms with Gasteiger partial charge in [0, 0.05) is 37.4 Å². The molecule has 0 radical (unpaired) electrons. The summed E-state index contributed by atoms with van der Waals surface area (Å²) in [5, 5.41) is 0. The van der Waals surface area contributed by atoms with E-state index in [1.165, 1.54) is 10.5 Å². The maximum atomic E-state index is 15.0. The van der Waals surface area contributed by atoms with Gasteiger partial charge in [-0.1, -0.05) is 13.0 Å². The smallest absolute Gasteiger partial charge is 0.304 e. The van der Waals surface area contributed by atoms with Gasteiger partial charge in [0.25, 0.3) is 5.91 Å². The predicted molar refractivity (Wildman–Crippen MR) is 141 cm³/mol. The fourth-order valence-electron chi connectivity index (χ4n) is 4.98. The van der Waals surface area contributed by atoms with E-state index >= 15 is 0 Å². The number of piperazine rings is 1. The number of carbonyl (C=O) groups excluding carboxylic acids is 1. The van der Waals surface area contributed by atoms with Crippen LogP contribution in [0.5, 0.6) is 17.4 Å². The largest absolute Gasteiger partial charge is 0.481 e. The molecule has 13 heteroatoms. The lowest BCUT2D eigenvalue weighted by Gasteiger charge is -2.37. The van der Waals surface area contributed by atoms with Crippen molar-refractivity contribution in [2.75, 3.05) is 20.1 Å². The van der Waals surface area contributed by atoms with Crippen molar-refractivity contribution < 1.29 is 31.5 Å². The molecule has 2 bridgehead atoms. The second-order valence-electron chi connectivity index (χ2n) is 9.75. The molecule has 3 atom stereocenters. The highest BCUT2D eigenvalue weighted by Crippen LogP contribution is 2.31. The molecule has 1 N–H and O–H groups in total. The van der Waals surface area contributed by atoms with Crippen LogP contribution in [0.2, 0.25) is 0 Å². The van der Waals surface area contributed by atoms with Crippen LogP contribution in [0.15, 0.2) is 54.9 Å². The van der Waals surface area contributed by atoms with Crippen molar-refractivity contribution in [2.45, 2.75) is 44.4 Å². The Hall–Kier alpha value is -3.68. The Kier molecular flexibility index (Phi) is 7.97. The van der Waals surface area contributed by atoms with E-state index in [-0.39, 0.29) is 25.2 Å². The van der Waals surface area contributed by atoms with E-state index in [2.05, 4.69) is 14.9 Å². The summed E-state index contributed by atoms with van der Waals surface area (Å²) in [5.41, 5.74) is -0.294. The summed E-state index contributed by atoms with van der Waals surface area (Å²) in [6, 6.07) is 10.7. The van der Waals surface area contributed by atoms with Gasteiger partial charge in [0.1, 0.15) is 11.9 Å². The second-order valence-corrected chi connectivity index (χ2v) is 11.4. The van der Waals surface area contributed by atoms with Crippen molar-refractivity contribution in [1.82, 2.24) is 23.9 Å². The normalized spacial score (nSPS) is 20.2. The average molecular weight is 574 g/mol. The lowest BCUT2D eigenvalue weighted by atomic mass is 10.1. The Bertz CT molecular complexity index is 1460. The van der Waals surface area contributed by atoms with Crippen LogP contribution >= 0.6 is 0 Å². The molecule has 2 aliphatic rings. The molecule has 5 rings (SSSR count). The van der Waals surface area contributed by atoms with Gasteiger partial charge in [-0.05, 0) is 56.6 Å². The topological polar surface area (TPSA) is 114 Å². The average Bonchev–Trinajstić information content (AvgIpc) is 3.13. The molecule has 4 heterocycles. The minimum atomic E-state index is -4.24. The number of nitrogens with one attached hydrogen (secondary N) is 1. The Morgan fingerprint density at radius 1 is 1.07 bits per heavy atom. The van der Waals surface area contributed by atoms with Gasteiger partial charge in [-0.3, -0.25) is 14.7 Å². The van der Waals surface area contributed by atoms with Crippen molar-refractivity contribution in [3.63, 3.8) is 0 Å². The third-order valence-corrected chi connectivity index (χ3v) is 8.68. The number of fused-ring (bicyclic) bond motifs is 2. The monoisotopic (exact) mass is 573 g/mol. The molecule has 2 fully saturated rings. The van der Waals surface area contributed by atoms with Crippen molar-refractivity contribution in [2.24, 2.45) is 0 Å². The Morgan fingerprint density at radius 2 is 1.82 bits per heavy atom. The zero-order valence-electron chi connectivity index (χ0n) is 22.0. The number of aromatic nitrogens is 2. The van der Waals surface area contributed by atoms with E-state index in [0.29, 0.717) is 23.7 Å². The minimum absolute atomic E-state index is 0.0571. The highest BCUT2D eigenvalue weighted by molar-refractivity contribution is 7.87.